The van der Waals surface area contributed by atoms with Crippen molar-refractivity contribution in [2.24, 2.45) is 0 Å². The van der Waals surface area contributed by atoms with Crippen molar-refractivity contribution < 1.29 is 4.74 Å². The molecule has 0 bridgehead atoms. The van der Waals surface area contributed by atoms with Crippen molar-refractivity contribution in [2.75, 3.05) is 12.3 Å². The minimum Gasteiger partial charge on any atom is -0.494 e. The molecule has 0 amide bonds. The number of ether oxygens (including phenoxy) is 1. The highest BCUT2D eigenvalue weighted by atomic mass is 16.5. The van der Waals surface area contributed by atoms with E-state index in [1.165, 1.54) is 0 Å². The minimum absolute atomic E-state index is 0.257. The number of benzene rings is 1. The van der Waals surface area contributed by atoms with Gasteiger partial charge in [-0.25, -0.2) is 4.79 Å². The van der Waals surface area contributed by atoms with E-state index in [-0.39, 0.29) is 5.69 Å². The summed E-state index contributed by atoms with van der Waals surface area (Å²) in [7, 11) is 0. The Balaban J connectivity index is 2.44. The monoisotopic (exact) mass is 273 g/mol. The van der Waals surface area contributed by atoms with E-state index in [9.17, 15) is 4.79 Å². The van der Waals surface area contributed by atoms with Crippen LogP contribution >= 0.6 is 0 Å². The van der Waals surface area contributed by atoms with Gasteiger partial charge in [-0.05, 0) is 45.0 Å². The Labute approximate surface area is 118 Å². The average molecular weight is 273 g/mol. The number of aromatic nitrogens is 2. The van der Waals surface area contributed by atoms with Crippen LogP contribution in [0.4, 0.5) is 5.69 Å². The second-order valence-corrected chi connectivity index (χ2v) is 4.71. The van der Waals surface area contributed by atoms with Crippen LogP contribution in [0, 0.1) is 13.8 Å². The molecule has 2 N–H and O–H groups in total. The van der Waals surface area contributed by atoms with E-state index in [0.717, 1.165) is 22.7 Å². The molecule has 0 radical (unpaired) electrons. The lowest BCUT2D eigenvalue weighted by Crippen LogP contribution is -2.26. The van der Waals surface area contributed by atoms with E-state index in [1.807, 2.05) is 39.0 Å². The third kappa shape index (κ3) is 2.99. The van der Waals surface area contributed by atoms with Gasteiger partial charge in [0.2, 0.25) is 0 Å². The molecule has 0 aliphatic heterocycles. The summed E-state index contributed by atoms with van der Waals surface area (Å²) in [5.74, 6) is 0.744. The lowest BCUT2D eigenvalue weighted by molar-refractivity contribution is 0.335. The van der Waals surface area contributed by atoms with Crippen LogP contribution in [0.2, 0.25) is 0 Å². The van der Waals surface area contributed by atoms with E-state index in [2.05, 4.69) is 4.98 Å². The summed E-state index contributed by atoms with van der Waals surface area (Å²) >= 11 is 0. The highest BCUT2D eigenvalue weighted by Crippen LogP contribution is 2.22. The summed E-state index contributed by atoms with van der Waals surface area (Å²) in [6, 6.07) is 7.33. The maximum absolute atomic E-state index is 12.0. The highest BCUT2D eigenvalue weighted by molar-refractivity contribution is 5.48. The van der Waals surface area contributed by atoms with Gasteiger partial charge >= 0.3 is 5.69 Å². The van der Waals surface area contributed by atoms with Gasteiger partial charge in [-0.15, -0.1) is 0 Å². The van der Waals surface area contributed by atoms with Gasteiger partial charge < -0.3 is 10.5 Å². The quantitative estimate of drug-likeness (QED) is 0.864. The van der Waals surface area contributed by atoms with E-state index in [1.54, 1.807) is 10.6 Å². The third-order valence-corrected chi connectivity index (χ3v) is 3.06. The molecule has 0 aliphatic rings. The van der Waals surface area contributed by atoms with Gasteiger partial charge in [-0.3, -0.25) is 4.57 Å². The normalized spacial score (nSPS) is 10.6. The van der Waals surface area contributed by atoms with Crippen LogP contribution in [0.25, 0.3) is 0 Å². The van der Waals surface area contributed by atoms with E-state index in [0.29, 0.717) is 18.8 Å². The first kappa shape index (κ1) is 14.1. The van der Waals surface area contributed by atoms with Gasteiger partial charge in [0.15, 0.2) is 0 Å². The van der Waals surface area contributed by atoms with Crippen molar-refractivity contribution in [2.45, 2.75) is 27.3 Å². The molecule has 1 heterocycles. The summed E-state index contributed by atoms with van der Waals surface area (Å²) < 4.78 is 7.19. The van der Waals surface area contributed by atoms with E-state index < -0.39 is 0 Å². The van der Waals surface area contributed by atoms with Crippen LogP contribution in [0.15, 0.2) is 29.1 Å². The van der Waals surface area contributed by atoms with E-state index >= 15 is 0 Å². The lowest BCUT2D eigenvalue weighted by atomic mass is 10.1. The summed E-state index contributed by atoms with van der Waals surface area (Å²) in [6.45, 7) is 6.59. The molecule has 20 heavy (non-hydrogen) atoms. The van der Waals surface area contributed by atoms with Gasteiger partial charge in [0.05, 0.1) is 13.2 Å². The fourth-order valence-corrected chi connectivity index (χ4v) is 2.16. The number of nitrogen functional groups attached to an aromatic ring is 1. The molecule has 1 aromatic carbocycles. The fourth-order valence-electron chi connectivity index (χ4n) is 2.16. The van der Waals surface area contributed by atoms with Gasteiger partial charge in [-0.1, -0.05) is 0 Å². The van der Waals surface area contributed by atoms with Crippen molar-refractivity contribution in [1.82, 2.24) is 9.55 Å². The fraction of sp³-hybridized carbons (Fsp3) is 0.333. The molecular formula is C15H19N3O2. The van der Waals surface area contributed by atoms with Gasteiger partial charge in [0, 0.05) is 22.6 Å². The zero-order valence-electron chi connectivity index (χ0n) is 12.0. The molecule has 1 aromatic heterocycles. The molecule has 2 rings (SSSR count). The van der Waals surface area contributed by atoms with Crippen LogP contribution in [-0.2, 0) is 6.54 Å². The first-order valence-electron chi connectivity index (χ1n) is 6.57. The average Bonchev–Trinajstić information content (AvgIpc) is 2.37. The lowest BCUT2D eigenvalue weighted by Gasteiger charge is -2.14. The summed E-state index contributed by atoms with van der Waals surface area (Å²) in [5.41, 5.74) is 8.68. The second kappa shape index (κ2) is 5.77. The first-order valence-corrected chi connectivity index (χ1v) is 6.57. The van der Waals surface area contributed by atoms with Crippen molar-refractivity contribution >= 4 is 5.69 Å². The Bertz CT molecular complexity index is 677. The topological polar surface area (TPSA) is 70.1 Å². The number of anilines is 1. The largest absolute Gasteiger partial charge is 0.494 e. The Morgan fingerprint density at radius 2 is 2.05 bits per heavy atom. The zero-order valence-corrected chi connectivity index (χ0v) is 12.0. The standard InChI is InChI=1S/C15H19N3O2/c1-4-20-14-6-5-13(16)8-12(14)9-18-11(3)7-10(2)17-15(18)19/h5-8H,4,9,16H2,1-3H3. The minimum atomic E-state index is -0.257. The van der Waals surface area contributed by atoms with Crippen LogP contribution in [0.3, 0.4) is 0 Å². The molecular weight excluding hydrogens is 254 g/mol. The smallest absolute Gasteiger partial charge is 0.348 e. The Morgan fingerprint density at radius 1 is 1.30 bits per heavy atom. The molecule has 0 aliphatic carbocycles. The maximum atomic E-state index is 12.0. The molecule has 2 aromatic rings. The summed E-state index contributed by atoms with van der Waals surface area (Å²) in [4.78, 5) is 16.0. The second-order valence-electron chi connectivity index (χ2n) is 4.71. The maximum Gasteiger partial charge on any atom is 0.348 e. The van der Waals surface area contributed by atoms with Crippen molar-refractivity contribution in [3.8, 4) is 5.75 Å². The number of aryl methyl sites for hydroxylation is 2. The summed E-state index contributed by atoms with van der Waals surface area (Å²) in [6.07, 6.45) is 0. The number of nitrogens with two attached hydrogens (primary N) is 1. The molecule has 0 spiro atoms. The number of nitrogens with zero attached hydrogens (tertiary/aromatic N) is 2. The SMILES string of the molecule is CCOc1ccc(N)cc1Cn1c(C)cc(C)nc1=O. The molecule has 5 heteroatoms. The molecule has 0 atom stereocenters. The number of hydrogen-bond acceptors (Lipinski definition) is 4. The van der Waals surface area contributed by atoms with Gasteiger partial charge in [0.25, 0.3) is 0 Å². The van der Waals surface area contributed by atoms with Crippen LogP contribution in [0.5, 0.6) is 5.75 Å². The highest BCUT2D eigenvalue weighted by Gasteiger charge is 2.09. The molecule has 5 nitrogen and oxygen atoms in total. The van der Waals surface area contributed by atoms with Crippen molar-refractivity contribution in [1.29, 1.82) is 0 Å². The molecule has 106 valence electrons. The molecule has 0 fully saturated rings. The number of rotatable bonds is 4. The van der Waals surface area contributed by atoms with Crippen molar-refractivity contribution in [3.63, 3.8) is 0 Å². The summed E-state index contributed by atoms with van der Waals surface area (Å²) in [5, 5.41) is 0. The molecule has 0 saturated heterocycles. The molecule has 0 unspecified atom stereocenters. The van der Waals surface area contributed by atoms with Gasteiger partial charge in [0.1, 0.15) is 5.75 Å². The van der Waals surface area contributed by atoms with Crippen molar-refractivity contribution in [3.05, 3.63) is 51.7 Å². The Hall–Kier alpha value is -2.30. The van der Waals surface area contributed by atoms with Crippen LogP contribution in [0.1, 0.15) is 23.9 Å². The zero-order chi connectivity index (χ0) is 14.7. The Kier molecular flexibility index (Phi) is 4.08. The first-order chi connectivity index (χ1) is 9.51. The van der Waals surface area contributed by atoms with Crippen LogP contribution in [-0.4, -0.2) is 16.2 Å². The Morgan fingerprint density at radius 3 is 2.70 bits per heavy atom. The number of hydrogen-bond donors (Lipinski definition) is 1. The predicted molar refractivity (Wildman–Crippen MR) is 79.1 cm³/mol. The van der Waals surface area contributed by atoms with E-state index in [4.69, 9.17) is 10.5 Å². The molecule has 0 saturated carbocycles. The predicted octanol–water partition coefficient (Wildman–Crippen LogP) is 1.89. The van der Waals surface area contributed by atoms with Gasteiger partial charge in [-0.2, -0.15) is 4.98 Å². The third-order valence-electron chi connectivity index (χ3n) is 3.06. The van der Waals surface area contributed by atoms with Crippen LogP contribution < -0.4 is 16.2 Å².